The summed E-state index contributed by atoms with van der Waals surface area (Å²) in [6, 6.07) is 5.93. The van der Waals surface area contributed by atoms with Gasteiger partial charge in [0.15, 0.2) is 0 Å². The zero-order valence-electron chi connectivity index (χ0n) is 11.8. The lowest BCUT2D eigenvalue weighted by Crippen LogP contribution is -2.38. The van der Waals surface area contributed by atoms with Gasteiger partial charge in [-0.1, -0.05) is 6.07 Å². The van der Waals surface area contributed by atoms with Gasteiger partial charge in [0.25, 0.3) is 0 Å². The Labute approximate surface area is 125 Å². The van der Waals surface area contributed by atoms with Crippen molar-refractivity contribution in [1.82, 2.24) is 15.6 Å². The first-order chi connectivity index (χ1) is 9.84. The lowest BCUT2D eigenvalue weighted by Gasteiger charge is -2.22. The van der Waals surface area contributed by atoms with Gasteiger partial charge in [-0.25, -0.2) is 0 Å². The Bertz CT molecular complexity index is 393. The Kier molecular flexibility index (Phi) is 6.88. The first kappa shape index (κ1) is 15.3. The van der Waals surface area contributed by atoms with Crippen LogP contribution in [-0.2, 0) is 10.5 Å². The third-order valence-corrected chi connectivity index (χ3v) is 4.43. The van der Waals surface area contributed by atoms with Gasteiger partial charge in [0.2, 0.25) is 5.91 Å². The number of amides is 1. The molecule has 1 fully saturated rings. The topological polar surface area (TPSA) is 54.0 Å². The second-order valence-electron chi connectivity index (χ2n) is 5.14. The van der Waals surface area contributed by atoms with Crippen LogP contribution in [0.15, 0.2) is 24.4 Å². The van der Waals surface area contributed by atoms with Crippen molar-refractivity contribution in [3.63, 3.8) is 0 Å². The average molecular weight is 293 g/mol. The Hall–Kier alpha value is -1.07. The minimum atomic E-state index is 0.170. The molecule has 1 amide bonds. The Morgan fingerprint density at radius 1 is 1.50 bits per heavy atom. The van der Waals surface area contributed by atoms with Crippen LogP contribution in [0.4, 0.5) is 0 Å². The van der Waals surface area contributed by atoms with E-state index in [0.717, 1.165) is 36.8 Å². The molecule has 0 bridgehead atoms. The molecule has 0 saturated carbocycles. The molecule has 1 aliphatic heterocycles. The molecule has 1 aliphatic rings. The molecule has 0 aliphatic carbocycles. The van der Waals surface area contributed by atoms with Crippen LogP contribution in [0.25, 0.3) is 0 Å². The lowest BCUT2D eigenvalue weighted by atomic mass is 10.00. The summed E-state index contributed by atoms with van der Waals surface area (Å²) >= 11 is 1.76. The second-order valence-corrected chi connectivity index (χ2v) is 6.25. The number of carbonyl (C=O) groups is 1. The smallest absolute Gasteiger partial charge is 0.220 e. The van der Waals surface area contributed by atoms with E-state index in [0.29, 0.717) is 12.3 Å². The number of piperidine rings is 1. The quantitative estimate of drug-likeness (QED) is 0.753. The highest BCUT2D eigenvalue weighted by Crippen LogP contribution is 2.11. The van der Waals surface area contributed by atoms with Crippen molar-refractivity contribution in [1.29, 1.82) is 0 Å². The van der Waals surface area contributed by atoms with E-state index < -0.39 is 0 Å². The van der Waals surface area contributed by atoms with Gasteiger partial charge in [-0.15, -0.1) is 0 Å². The number of aromatic nitrogens is 1. The Morgan fingerprint density at radius 3 is 3.20 bits per heavy atom. The lowest BCUT2D eigenvalue weighted by molar-refractivity contribution is -0.120. The third kappa shape index (κ3) is 5.92. The summed E-state index contributed by atoms with van der Waals surface area (Å²) < 4.78 is 0. The highest BCUT2D eigenvalue weighted by molar-refractivity contribution is 7.98. The fourth-order valence-electron chi connectivity index (χ4n) is 2.27. The number of hydrogen-bond acceptors (Lipinski definition) is 4. The van der Waals surface area contributed by atoms with Crippen molar-refractivity contribution < 1.29 is 4.79 Å². The maximum atomic E-state index is 11.7. The first-order valence-corrected chi connectivity index (χ1v) is 8.45. The van der Waals surface area contributed by atoms with Crippen molar-refractivity contribution in [3.05, 3.63) is 30.1 Å². The van der Waals surface area contributed by atoms with Crippen molar-refractivity contribution in [2.45, 2.75) is 25.0 Å². The van der Waals surface area contributed by atoms with Crippen LogP contribution in [0.3, 0.4) is 0 Å². The zero-order valence-corrected chi connectivity index (χ0v) is 12.6. The normalized spacial score (nSPS) is 18.7. The SMILES string of the molecule is O=C(CCSCc1ccccn1)NCC1CCCNC1. The second kappa shape index (κ2) is 8.97. The van der Waals surface area contributed by atoms with Gasteiger partial charge in [0, 0.05) is 30.7 Å². The summed E-state index contributed by atoms with van der Waals surface area (Å²) in [7, 11) is 0. The molecule has 0 radical (unpaired) electrons. The predicted octanol–water partition coefficient (Wildman–Crippen LogP) is 1.82. The number of pyridine rings is 1. The van der Waals surface area contributed by atoms with Crippen molar-refractivity contribution in [2.24, 2.45) is 5.92 Å². The fourth-order valence-corrected chi connectivity index (χ4v) is 3.12. The summed E-state index contributed by atoms with van der Waals surface area (Å²) in [6.07, 6.45) is 4.85. The van der Waals surface area contributed by atoms with E-state index in [9.17, 15) is 4.79 Å². The standard InChI is InChI=1S/C15H23N3OS/c19-15(18-11-13-4-3-7-16-10-13)6-9-20-12-14-5-1-2-8-17-14/h1-2,5,8,13,16H,3-4,6-7,9-12H2,(H,18,19). The van der Waals surface area contributed by atoms with Gasteiger partial charge in [0.05, 0.1) is 5.69 Å². The molecule has 1 atom stereocenters. The maximum Gasteiger partial charge on any atom is 0.220 e. The molecule has 1 aromatic heterocycles. The van der Waals surface area contributed by atoms with Gasteiger partial charge in [-0.2, -0.15) is 11.8 Å². The Morgan fingerprint density at radius 2 is 2.45 bits per heavy atom. The maximum absolute atomic E-state index is 11.7. The van der Waals surface area contributed by atoms with E-state index in [-0.39, 0.29) is 5.91 Å². The summed E-state index contributed by atoms with van der Waals surface area (Å²) in [5, 5.41) is 6.41. The number of carbonyl (C=O) groups excluding carboxylic acids is 1. The predicted molar refractivity (Wildman–Crippen MR) is 83.6 cm³/mol. The first-order valence-electron chi connectivity index (χ1n) is 7.29. The number of rotatable bonds is 7. The highest BCUT2D eigenvalue weighted by Gasteiger charge is 2.13. The number of hydrogen-bond donors (Lipinski definition) is 2. The molecule has 0 spiro atoms. The van der Waals surface area contributed by atoms with E-state index >= 15 is 0 Å². The molecule has 1 aromatic rings. The van der Waals surface area contributed by atoms with E-state index in [1.165, 1.54) is 12.8 Å². The zero-order chi connectivity index (χ0) is 14.0. The van der Waals surface area contributed by atoms with Crippen LogP contribution in [0, 0.1) is 5.92 Å². The molecule has 0 aromatic carbocycles. The van der Waals surface area contributed by atoms with Gasteiger partial charge in [-0.05, 0) is 44.0 Å². The number of thioether (sulfide) groups is 1. The minimum Gasteiger partial charge on any atom is -0.356 e. The highest BCUT2D eigenvalue weighted by atomic mass is 32.2. The van der Waals surface area contributed by atoms with E-state index in [2.05, 4.69) is 15.6 Å². The molecule has 2 rings (SSSR count). The fraction of sp³-hybridized carbons (Fsp3) is 0.600. The summed E-state index contributed by atoms with van der Waals surface area (Å²) in [5.74, 6) is 2.50. The van der Waals surface area contributed by atoms with Crippen LogP contribution in [0.1, 0.15) is 25.0 Å². The molecule has 2 heterocycles. The van der Waals surface area contributed by atoms with E-state index in [4.69, 9.17) is 0 Å². The summed E-state index contributed by atoms with van der Waals surface area (Å²) in [6.45, 7) is 2.97. The largest absolute Gasteiger partial charge is 0.356 e. The molecule has 110 valence electrons. The number of nitrogens with zero attached hydrogens (tertiary/aromatic N) is 1. The average Bonchev–Trinajstić information content (AvgIpc) is 2.52. The van der Waals surface area contributed by atoms with Crippen molar-refractivity contribution in [2.75, 3.05) is 25.4 Å². The van der Waals surface area contributed by atoms with Crippen LogP contribution < -0.4 is 10.6 Å². The molecular weight excluding hydrogens is 270 g/mol. The molecule has 1 unspecified atom stereocenters. The minimum absolute atomic E-state index is 0.170. The molecule has 5 heteroatoms. The van der Waals surface area contributed by atoms with Crippen LogP contribution in [-0.4, -0.2) is 36.3 Å². The van der Waals surface area contributed by atoms with E-state index in [1.807, 2.05) is 18.2 Å². The Balaban J connectivity index is 1.51. The molecular formula is C15H23N3OS. The number of nitrogens with one attached hydrogen (secondary N) is 2. The van der Waals surface area contributed by atoms with E-state index in [1.54, 1.807) is 18.0 Å². The van der Waals surface area contributed by atoms with Gasteiger partial charge in [0.1, 0.15) is 0 Å². The van der Waals surface area contributed by atoms with Crippen LogP contribution in [0.5, 0.6) is 0 Å². The van der Waals surface area contributed by atoms with Crippen LogP contribution >= 0.6 is 11.8 Å². The molecule has 1 saturated heterocycles. The van der Waals surface area contributed by atoms with Crippen LogP contribution in [0.2, 0.25) is 0 Å². The van der Waals surface area contributed by atoms with Crippen molar-refractivity contribution in [3.8, 4) is 0 Å². The molecule has 4 nitrogen and oxygen atoms in total. The monoisotopic (exact) mass is 293 g/mol. The summed E-state index contributed by atoms with van der Waals surface area (Å²) in [5.41, 5.74) is 1.08. The van der Waals surface area contributed by atoms with Crippen molar-refractivity contribution >= 4 is 17.7 Å². The van der Waals surface area contributed by atoms with Gasteiger partial charge < -0.3 is 10.6 Å². The molecule has 2 N–H and O–H groups in total. The third-order valence-electron chi connectivity index (χ3n) is 3.44. The molecule has 20 heavy (non-hydrogen) atoms. The van der Waals surface area contributed by atoms with Gasteiger partial charge >= 0.3 is 0 Å². The van der Waals surface area contributed by atoms with Gasteiger partial charge in [-0.3, -0.25) is 9.78 Å². The summed E-state index contributed by atoms with van der Waals surface area (Å²) in [4.78, 5) is 16.0.